The van der Waals surface area contributed by atoms with Crippen LogP contribution in [0.2, 0.25) is 0 Å². The normalized spacial score (nSPS) is 11.7. The van der Waals surface area contributed by atoms with E-state index in [4.69, 9.17) is 10.5 Å². The Labute approximate surface area is 120 Å². The van der Waals surface area contributed by atoms with Gasteiger partial charge in [-0.1, -0.05) is 13.8 Å². The standard InChI is InChI=1S/C15H24N4O/c1-9(2)8-20-7-6-19-11(4)10(3)13-14(16)17-12(5)18-15(13)19/h9H,6-8H2,1-5H3,(H2,16,17,18). The van der Waals surface area contributed by atoms with Crippen LogP contribution in [0.4, 0.5) is 5.82 Å². The highest BCUT2D eigenvalue weighted by molar-refractivity contribution is 5.91. The summed E-state index contributed by atoms with van der Waals surface area (Å²) < 4.78 is 7.85. The van der Waals surface area contributed by atoms with Crippen LogP contribution in [0, 0.1) is 26.7 Å². The van der Waals surface area contributed by atoms with E-state index in [1.807, 2.05) is 6.92 Å². The van der Waals surface area contributed by atoms with E-state index < -0.39 is 0 Å². The first-order valence-corrected chi connectivity index (χ1v) is 7.09. The summed E-state index contributed by atoms with van der Waals surface area (Å²) in [6, 6.07) is 0. The van der Waals surface area contributed by atoms with Crippen molar-refractivity contribution in [1.29, 1.82) is 0 Å². The summed E-state index contributed by atoms with van der Waals surface area (Å²) >= 11 is 0. The monoisotopic (exact) mass is 276 g/mol. The highest BCUT2D eigenvalue weighted by Crippen LogP contribution is 2.27. The zero-order valence-corrected chi connectivity index (χ0v) is 13.0. The molecule has 5 heteroatoms. The van der Waals surface area contributed by atoms with Crippen molar-refractivity contribution in [1.82, 2.24) is 14.5 Å². The van der Waals surface area contributed by atoms with Gasteiger partial charge in [-0.05, 0) is 32.3 Å². The molecule has 2 rings (SSSR count). The number of nitrogens with two attached hydrogens (primary N) is 1. The van der Waals surface area contributed by atoms with Gasteiger partial charge in [-0.25, -0.2) is 9.97 Å². The summed E-state index contributed by atoms with van der Waals surface area (Å²) in [7, 11) is 0. The zero-order chi connectivity index (χ0) is 14.9. The topological polar surface area (TPSA) is 66.0 Å². The lowest BCUT2D eigenvalue weighted by Gasteiger charge is -2.10. The number of rotatable bonds is 5. The van der Waals surface area contributed by atoms with Gasteiger partial charge >= 0.3 is 0 Å². The number of hydrogen-bond donors (Lipinski definition) is 1. The fourth-order valence-electron chi connectivity index (χ4n) is 2.42. The maximum atomic E-state index is 6.04. The SMILES string of the molecule is Cc1nc(N)c2c(C)c(C)n(CCOCC(C)C)c2n1. The summed E-state index contributed by atoms with van der Waals surface area (Å²) in [6.45, 7) is 12.6. The van der Waals surface area contributed by atoms with Crippen LogP contribution in [-0.2, 0) is 11.3 Å². The number of ether oxygens (including phenoxy) is 1. The van der Waals surface area contributed by atoms with Crippen LogP contribution in [0.3, 0.4) is 0 Å². The molecule has 0 unspecified atom stereocenters. The first kappa shape index (κ1) is 14.8. The van der Waals surface area contributed by atoms with E-state index in [-0.39, 0.29) is 0 Å². The highest BCUT2D eigenvalue weighted by Gasteiger charge is 2.15. The molecule has 0 aliphatic carbocycles. The van der Waals surface area contributed by atoms with E-state index >= 15 is 0 Å². The molecule has 2 heterocycles. The minimum absolute atomic E-state index is 0.555. The van der Waals surface area contributed by atoms with Gasteiger partial charge in [-0.3, -0.25) is 0 Å². The molecule has 0 atom stereocenters. The van der Waals surface area contributed by atoms with Crippen LogP contribution in [0.5, 0.6) is 0 Å². The maximum Gasteiger partial charge on any atom is 0.146 e. The van der Waals surface area contributed by atoms with E-state index in [1.54, 1.807) is 0 Å². The molecule has 5 nitrogen and oxygen atoms in total. The number of fused-ring (bicyclic) bond motifs is 1. The second kappa shape index (κ2) is 5.79. The number of nitrogens with zero attached hydrogens (tertiary/aromatic N) is 3. The summed E-state index contributed by atoms with van der Waals surface area (Å²) in [6.07, 6.45) is 0. The fraction of sp³-hybridized carbons (Fsp3) is 0.600. The minimum atomic E-state index is 0.555. The van der Waals surface area contributed by atoms with Gasteiger partial charge in [-0.15, -0.1) is 0 Å². The first-order chi connectivity index (χ1) is 9.41. The third-order valence-electron chi connectivity index (χ3n) is 3.52. The molecule has 0 saturated carbocycles. The Morgan fingerprint density at radius 3 is 2.55 bits per heavy atom. The Morgan fingerprint density at radius 2 is 1.90 bits per heavy atom. The predicted octanol–water partition coefficient (Wildman–Crippen LogP) is 2.61. The summed E-state index contributed by atoms with van der Waals surface area (Å²) in [5.41, 5.74) is 9.29. The van der Waals surface area contributed by atoms with Crippen LogP contribution in [0.25, 0.3) is 11.0 Å². The van der Waals surface area contributed by atoms with Crippen LogP contribution in [-0.4, -0.2) is 27.7 Å². The Kier molecular flexibility index (Phi) is 4.28. The van der Waals surface area contributed by atoms with Crippen molar-refractivity contribution >= 4 is 16.9 Å². The van der Waals surface area contributed by atoms with Gasteiger partial charge in [0.25, 0.3) is 0 Å². The highest BCUT2D eigenvalue weighted by atomic mass is 16.5. The number of anilines is 1. The summed E-state index contributed by atoms with van der Waals surface area (Å²) in [5.74, 6) is 1.83. The van der Waals surface area contributed by atoms with E-state index in [2.05, 4.69) is 42.2 Å². The molecule has 0 aromatic carbocycles. The lowest BCUT2D eigenvalue weighted by atomic mass is 10.2. The molecule has 2 aromatic heterocycles. The lowest BCUT2D eigenvalue weighted by Crippen LogP contribution is -2.11. The molecule has 0 saturated heterocycles. The molecule has 0 aliphatic rings. The third kappa shape index (κ3) is 2.77. The third-order valence-corrected chi connectivity index (χ3v) is 3.52. The van der Waals surface area contributed by atoms with Crippen LogP contribution < -0.4 is 5.73 Å². The molecule has 0 radical (unpaired) electrons. The molecule has 2 aromatic rings. The summed E-state index contributed by atoms with van der Waals surface area (Å²) in [5, 5.41) is 0.969. The molecule has 0 bridgehead atoms. The molecular formula is C15H24N4O. The van der Waals surface area contributed by atoms with Gasteiger partial charge in [-0.2, -0.15) is 0 Å². The Balaban J connectivity index is 2.31. The Bertz CT molecular complexity index is 616. The van der Waals surface area contributed by atoms with Crippen LogP contribution in [0.1, 0.15) is 30.9 Å². The second-order valence-corrected chi connectivity index (χ2v) is 5.69. The molecule has 110 valence electrons. The van der Waals surface area contributed by atoms with E-state index in [9.17, 15) is 0 Å². The quantitative estimate of drug-likeness (QED) is 0.852. The van der Waals surface area contributed by atoms with Gasteiger partial charge in [0.15, 0.2) is 0 Å². The largest absolute Gasteiger partial charge is 0.383 e. The molecule has 0 amide bonds. The Morgan fingerprint density at radius 1 is 1.20 bits per heavy atom. The number of hydrogen-bond acceptors (Lipinski definition) is 4. The van der Waals surface area contributed by atoms with Gasteiger partial charge in [0.2, 0.25) is 0 Å². The van der Waals surface area contributed by atoms with Crippen molar-refractivity contribution in [3.63, 3.8) is 0 Å². The number of nitrogen functional groups attached to an aromatic ring is 1. The minimum Gasteiger partial charge on any atom is -0.383 e. The van der Waals surface area contributed by atoms with Crippen molar-refractivity contribution in [3.8, 4) is 0 Å². The van der Waals surface area contributed by atoms with Gasteiger partial charge < -0.3 is 15.0 Å². The molecule has 2 N–H and O–H groups in total. The average molecular weight is 276 g/mol. The van der Waals surface area contributed by atoms with Gasteiger partial charge in [0, 0.05) is 18.8 Å². The van der Waals surface area contributed by atoms with E-state index in [0.29, 0.717) is 24.2 Å². The zero-order valence-electron chi connectivity index (χ0n) is 13.0. The van der Waals surface area contributed by atoms with Gasteiger partial charge in [0.1, 0.15) is 17.3 Å². The first-order valence-electron chi connectivity index (χ1n) is 7.09. The predicted molar refractivity (Wildman–Crippen MR) is 81.8 cm³/mol. The second-order valence-electron chi connectivity index (χ2n) is 5.69. The maximum absolute atomic E-state index is 6.04. The Hall–Kier alpha value is -1.62. The fourth-order valence-corrected chi connectivity index (χ4v) is 2.42. The summed E-state index contributed by atoms with van der Waals surface area (Å²) in [4.78, 5) is 8.81. The van der Waals surface area contributed by atoms with Crippen LogP contribution in [0.15, 0.2) is 0 Å². The molecular weight excluding hydrogens is 252 g/mol. The van der Waals surface area contributed by atoms with Crippen molar-refractivity contribution in [2.24, 2.45) is 5.92 Å². The van der Waals surface area contributed by atoms with Crippen molar-refractivity contribution < 1.29 is 4.74 Å². The molecule has 20 heavy (non-hydrogen) atoms. The van der Waals surface area contributed by atoms with Crippen LogP contribution >= 0.6 is 0 Å². The van der Waals surface area contributed by atoms with Crippen molar-refractivity contribution in [3.05, 3.63) is 17.1 Å². The number of aromatic nitrogens is 3. The average Bonchev–Trinajstić information content (AvgIpc) is 2.58. The van der Waals surface area contributed by atoms with E-state index in [1.165, 1.54) is 5.69 Å². The van der Waals surface area contributed by atoms with Gasteiger partial charge in [0.05, 0.1) is 12.0 Å². The smallest absolute Gasteiger partial charge is 0.146 e. The molecule has 0 fully saturated rings. The lowest BCUT2D eigenvalue weighted by molar-refractivity contribution is 0.103. The molecule has 0 aliphatic heterocycles. The molecule has 0 spiro atoms. The van der Waals surface area contributed by atoms with Crippen molar-refractivity contribution in [2.45, 2.75) is 41.2 Å². The van der Waals surface area contributed by atoms with E-state index in [0.717, 1.165) is 29.7 Å². The van der Waals surface area contributed by atoms with Crippen molar-refractivity contribution in [2.75, 3.05) is 18.9 Å². The number of aryl methyl sites for hydroxylation is 2.